The first-order valence-electron chi connectivity index (χ1n) is 4.99. The van der Waals surface area contributed by atoms with Gasteiger partial charge in [-0.05, 0) is 34.6 Å². The van der Waals surface area contributed by atoms with Crippen molar-refractivity contribution in [3.8, 4) is 5.81 Å². The van der Waals surface area contributed by atoms with Crippen LogP contribution in [-0.4, -0.2) is 23.4 Å². The van der Waals surface area contributed by atoms with Gasteiger partial charge in [-0.2, -0.15) is 4.52 Å². The molecule has 1 atom stereocenters. The fraction of sp³-hybridized carbons (Fsp3) is 0.889. The maximum Gasteiger partial charge on any atom is 0.481 e. The molecule has 0 bridgehead atoms. The number of nitrogens with zero attached hydrogens (tertiary/aromatic N) is 2. The Morgan fingerprint density at radius 2 is 1.80 bits per heavy atom. The molecule has 0 spiro atoms. The third-order valence-corrected chi connectivity index (χ3v) is 5.03. The van der Waals surface area contributed by atoms with E-state index in [-0.39, 0.29) is 12.1 Å². The molecule has 0 rings (SSSR count). The van der Waals surface area contributed by atoms with Crippen LogP contribution in [0.25, 0.3) is 0 Å². The molecule has 4 nitrogen and oxygen atoms in total. The first-order valence-corrected chi connectivity index (χ1v) is 6.87. The van der Waals surface area contributed by atoms with E-state index in [1.165, 1.54) is 0 Å². The van der Waals surface area contributed by atoms with Crippen molar-refractivity contribution in [2.24, 2.45) is 0 Å². The zero-order valence-electron chi connectivity index (χ0n) is 9.90. The Bertz CT molecular complexity index is 225. The zero-order chi connectivity index (χ0) is 12.1. The summed E-state index contributed by atoms with van der Waals surface area (Å²) in [5.41, 5.74) is 0. The molecule has 0 amide bonds. The van der Waals surface area contributed by atoms with Crippen molar-refractivity contribution in [1.82, 2.24) is 4.67 Å². The molecular weight excluding hydrogens is 235 g/mol. The minimum atomic E-state index is -2.78. The summed E-state index contributed by atoms with van der Waals surface area (Å²) < 4.78 is 12.2. The van der Waals surface area contributed by atoms with E-state index in [1.54, 1.807) is 0 Å². The molecular formula is C9H19ClN2O2P+. The van der Waals surface area contributed by atoms with E-state index in [2.05, 4.69) is 5.81 Å². The third kappa shape index (κ3) is 3.55. The quantitative estimate of drug-likeness (QED) is 0.679. The van der Waals surface area contributed by atoms with Crippen molar-refractivity contribution in [1.29, 1.82) is 5.26 Å². The molecule has 0 heterocycles. The van der Waals surface area contributed by atoms with Crippen LogP contribution < -0.4 is 0 Å². The van der Waals surface area contributed by atoms with Gasteiger partial charge in [-0.1, -0.05) is 4.08 Å². The first-order chi connectivity index (χ1) is 6.95. The standard InChI is InChI=1S/C9H19ClN2O2P/c1-6-13-15(7-11,14-10)12(8(2)3)9(4)5/h8-9H,6H2,1-5H3/q+1. The molecule has 88 valence electrons. The van der Waals surface area contributed by atoms with Crippen LogP contribution in [0, 0.1) is 11.1 Å². The predicted molar refractivity (Wildman–Crippen MR) is 63.2 cm³/mol. The van der Waals surface area contributed by atoms with E-state index in [4.69, 9.17) is 20.5 Å². The molecule has 0 aliphatic heterocycles. The topological polar surface area (TPSA) is 45.5 Å². The molecule has 0 saturated heterocycles. The summed E-state index contributed by atoms with van der Waals surface area (Å²) in [6.45, 7) is 10.2. The molecule has 0 saturated carbocycles. The fourth-order valence-electron chi connectivity index (χ4n) is 1.60. The lowest BCUT2D eigenvalue weighted by Crippen LogP contribution is -2.37. The van der Waals surface area contributed by atoms with Gasteiger partial charge in [0.25, 0.3) is 0 Å². The number of hydrogen-bond donors (Lipinski definition) is 0. The van der Waals surface area contributed by atoms with Crippen molar-refractivity contribution in [3.63, 3.8) is 0 Å². The number of halogens is 1. The van der Waals surface area contributed by atoms with E-state index in [0.29, 0.717) is 6.61 Å². The highest BCUT2D eigenvalue weighted by atomic mass is 35.5. The summed E-state index contributed by atoms with van der Waals surface area (Å²) in [4.78, 5) is 0. The van der Waals surface area contributed by atoms with Crippen molar-refractivity contribution in [2.45, 2.75) is 46.7 Å². The Kier molecular flexibility index (Phi) is 6.66. The molecule has 0 aromatic carbocycles. The summed E-state index contributed by atoms with van der Waals surface area (Å²) in [6.07, 6.45) is 0. The highest BCUT2D eigenvalue weighted by molar-refractivity contribution is 7.69. The maximum atomic E-state index is 9.20. The predicted octanol–water partition coefficient (Wildman–Crippen LogP) is 3.56. The van der Waals surface area contributed by atoms with Crippen LogP contribution in [-0.2, 0) is 8.60 Å². The van der Waals surface area contributed by atoms with Crippen LogP contribution in [0.15, 0.2) is 0 Å². The highest BCUT2D eigenvalue weighted by Crippen LogP contribution is 2.65. The SMILES string of the molecule is CCO[P+](C#N)(OCl)N(C(C)C)C(C)C. The van der Waals surface area contributed by atoms with Gasteiger partial charge in [-0.25, -0.2) is 0 Å². The van der Waals surface area contributed by atoms with E-state index in [9.17, 15) is 5.26 Å². The molecule has 0 radical (unpaired) electrons. The summed E-state index contributed by atoms with van der Waals surface area (Å²) in [7, 11) is -2.78. The number of nitriles is 1. The van der Waals surface area contributed by atoms with Gasteiger partial charge in [0.05, 0.1) is 6.61 Å². The number of hydrogen-bond acceptors (Lipinski definition) is 4. The molecule has 15 heavy (non-hydrogen) atoms. The molecule has 0 fully saturated rings. The number of rotatable bonds is 6. The molecule has 0 aliphatic carbocycles. The van der Waals surface area contributed by atoms with Crippen LogP contribution in [0.4, 0.5) is 0 Å². The second-order valence-electron chi connectivity index (χ2n) is 3.67. The zero-order valence-corrected chi connectivity index (χ0v) is 11.5. The summed E-state index contributed by atoms with van der Waals surface area (Å²) in [6, 6.07) is 0.284. The second-order valence-corrected chi connectivity index (χ2v) is 6.19. The molecule has 0 N–H and O–H groups in total. The third-order valence-electron chi connectivity index (χ3n) is 1.89. The lowest BCUT2D eigenvalue weighted by Gasteiger charge is -2.30. The van der Waals surface area contributed by atoms with E-state index in [0.717, 1.165) is 0 Å². The normalized spacial score (nSPS) is 15.7. The molecule has 6 heteroatoms. The minimum absolute atomic E-state index is 0.142. The van der Waals surface area contributed by atoms with Gasteiger partial charge < -0.3 is 0 Å². The van der Waals surface area contributed by atoms with Gasteiger partial charge in [-0.3, -0.25) is 0 Å². The van der Waals surface area contributed by atoms with Gasteiger partial charge >= 0.3 is 13.7 Å². The summed E-state index contributed by atoms with van der Waals surface area (Å²) in [5.74, 6) is 2.09. The Morgan fingerprint density at radius 3 is 2.00 bits per heavy atom. The van der Waals surface area contributed by atoms with Crippen LogP contribution in [0.1, 0.15) is 34.6 Å². The minimum Gasteiger partial charge on any atom is -0.174 e. The molecule has 0 aromatic heterocycles. The smallest absolute Gasteiger partial charge is 0.174 e. The molecule has 0 aliphatic rings. The average Bonchev–Trinajstić information content (AvgIpc) is 2.15. The van der Waals surface area contributed by atoms with Crippen LogP contribution in [0.5, 0.6) is 0 Å². The van der Waals surface area contributed by atoms with Gasteiger partial charge in [0.1, 0.15) is 11.9 Å². The average molecular weight is 254 g/mol. The highest BCUT2D eigenvalue weighted by Gasteiger charge is 2.55. The fourth-order valence-corrected chi connectivity index (χ4v) is 4.03. The van der Waals surface area contributed by atoms with Gasteiger partial charge in [-0.15, -0.1) is 9.93 Å². The van der Waals surface area contributed by atoms with Crippen LogP contribution in [0.2, 0.25) is 0 Å². The van der Waals surface area contributed by atoms with Gasteiger partial charge in [0.15, 0.2) is 0 Å². The largest absolute Gasteiger partial charge is 0.481 e. The van der Waals surface area contributed by atoms with Crippen molar-refractivity contribution >= 4 is 19.7 Å². The van der Waals surface area contributed by atoms with E-state index < -0.39 is 7.87 Å². The maximum absolute atomic E-state index is 9.20. The lowest BCUT2D eigenvalue weighted by molar-refractivity contribution is 0.215. The second kappa shape index (κ2) is 6.62. The summed E-state index contributed by atoms with van der Waals surface area (Å²) in [5, 5.41) is 9.20. The Balaban J connectivity index is 5.09. The Hall–Kier alpha value is 0.0900. The molecule has 1 unspecified atom stereocenters. The van der Waals surface area contributed by atoms with Crippen molar-refractivity contribution < 1.29 is 8.60 Å². The first kappa shape index (κ1) is 15.1. The lowest BCUT2D eigenvalue weighted by atomic mass is 10.3. The molecule has 0 aromatic rings. The van der Waals surface area contributed by atoms with Crippen molar-refractivity contribution in [3.05, 3.63) is 0 Å². The Labute approximate surface area is 97.8 Å². The van der Waals surface area contributed by atoms with Crippen molar-refractivity contribution in [2.75, 3.05) is 6.61 Å². The van der Waals surface area contributed by atoms with Crippen LogP contribution >= 0.6 is 19.7 Å². The van der Waals surface area contributed by atoms with Gasteiger partial charge in [0, 0.05) is 12.1 Å². The van der Waals surface area contributed by atoms with Gasteiger partial charge in [0.2, 0.25) is 0 Å². The van der Waals surface area contributed by atoms with Crippen LogP contribution in [0.3, 0.4) is 0 Å². The monoisotopic (exact) mass is 253 g/mol. The van der Waals surface area contributed by atoms with E-state index >= 15 is 0 Å². The summed E-state index contributed by atoms with van der Waals surface area (Å²) >= 11 is 5.45. The Morgan fingerprint density at radius 1 is 1.33 bits per heavy atom. The van der Waals surface area contributed by atoms with E-state index in [1.807, 2.05) is 39.3 Å².